The van der Waals surface area contributed by atoms with Crippen LogP contribution in [0.1, 0.15) is 51.4 Å². The summed E-state index contributed by atoms with van der Waals surface area (Å²) >= 11 is 0. The molecule has 0 unspecified atom stereocenters. The summed E-state index contributed by atoms with van der Waals surface area (Å²) in [6, 6.07) is 0.971. The SMILES string of the molecule is C1CCC(N2CCCCC2)CC1.Cl. The lowest BCUT2D eigenvalue weighted by Gasteiger charge is -2.36. The third-order valence-electron chi connectivity index (χ3n) is 3.48. The molecule has 0 aromatic carbocycles. The number of rotatable bonds is 1. The Bertz CT molecular complexity index is 110. The summed E-state index contributed by atoms with van der Waals surface area (Å²) in [6.45, 7) is 2.79. The van der Waals surface area contributed by atoms with Gasteiger partial charge in [0.25, 0.3) is 0 Å². The third-order valence-corrected chi connectivity index (χ3v) is 3.48. The van der Waals surface area contributed by atoms with E-state index in [9.17, 15) is 0 Å². The lowest BCUT2D eigenvalue weighted by Crippen LogP contribution is -2.40. The number of likely N-dealkylation sites (tertiary alicyclic amines) is 1. The molecular formula is C11H22ClN. The van der Waals surface area contributed by atoms with Gasteiger partial charge in [-0.3, -0.25) is 0 Å². The zero-order valence-corrected chi connectivity index (χ0v) is 9.32. The predicted molar refractivity (Wildman–Crippen MR) is 59.5 cm³/mol. The molecule has 0 radical (unpaired) electrons. The summed E-state index contributed by atoms with van der Waals surface area (Å²) < 4.78 is 0. The molecule has 0 N–H and O–H groups in total. The van der Waals surface area contributed by atoms with Crippen LogP contribution in [0.15, 0.2) is 0 Å². The van der Waals surface area contributed by atoms with Gasteiger partial charge in [0, 0.05) is 6.04 Å². The second kappa shape index (κ2) is 5.87. The second-order valence-corrected chi connectivity index (χ2v) is 4.39. The average Bonchev–Trinajstić information content (AvgIpc) is 2.21. The molecule has 0 aromatic rings. The minimum Gasteiger partial charge on any atom is -0.300 e. The van der Waals surface area contributed by atoms with Crippen molar-refractivity contribution in [2.24, 2.45) is 0 Å². The van der Waals surface area contributed by atoms with Crippen molar-refractivity contribution in [2.75, 3.05) is 13.1 Å². The molecule has 1 aliphatic heterocycles. The maximum absolute atomic E-state index is 2.75. The molecule has 0 bridgehead atoms. The number of hydrogen-bond acceptors (Lipinski definition) is 1. The number of hydrogen-bond donors (Lipinski definition) is 0. The fraction of sp³-hybridized carbons (Fsp3) is 1.00. The van der Waals surface area contributed by atoms with Crippen molar-refractivity contribution < 1.29 is 0 Å². The highest BCUT2D eigenvalue weighted by molar-refractivity contribution is 5.85. The van der Waals surface area contributed by atoms with Crippen LogP contribution >= 0.6 is 12.4 Å². The first-order chi connectivity index (χ1) is 5.97. The summed E-state index contributed by atoms with van der Waals surface area (Å²) in [5, 5.41) is 0. The van der Waals surface area contributed by atoms with E-state index in [1.54, 1.807) is 0 Å². The first kappa shape index (κ1) is 11.3. The van der Waals surface area contributed by atoms with Gasteiger partial charge < -0.3 is 4.90 Å². The van der Waals surface area contributed by atoms with Crippen LogP contribution in [0.4, 0.5) is 0 Å². The summed E-state index contributed by atoms with van der Waals surface area (Å²) in [6.07, 6.45) is 11.8. The molecule has 2 fully saturated rings. The smallest absolute Gasteiger partial charge is 0.00952 e. The maximum Gasteiger partial charge on any atom is 0.00952 e. The molecule has 2 heteroatoms. The molecular weight excluding hydrogens is 182 g/mol. The average molecular weight is 204 g/mol. The van der Waals surface area contributed by atoms with E-state index in [4.69, 9.17) is 0 Å². The van der Waals surface area contributed by atoms with Crippen LogP contribution in [-0.4, -0.2) is 24.0 Å². The van der Waals surface area contributed by atoms with Gasteiger partial charge in [-0.25, -0.2) is 0 Å². The van der Waals surface area contributed by atoms with Gasteiger partial charge in [0.2, 0.25) is 0 Å². The van der Waals surface area contributed by atoms with E-state index in [0.29, 0.717) is 0 Å². The largest absolute Gasteiger partial charge is 0.300 e. The van der Waals surface area contributed by atoms with Crippen LogP contribution in [0, 0.1) is 0 Å². The quantitative estimate of drug-likeness (QED) is 0.633. The molecule has 1 saturated carbocycles. The van der Waals surface area contributed by atoms with Gasteiger partial charge in [-0.05, 0) is 38.8 Å². The highest BCUT2D eigenvalue weighted by atomic mass is 35.5. The number of halogens is 1. The Morgan fingerprint density at radius 2 is 1.23 bits per heavy atom. The van der Waals surface area contributed by atoms with Crippen molar-refractivity contribution in [1.82, 2.24) is 4.90 Å². The third kappa shape index (κ3) is 3.14. The van der Waals surface area contributed by atoms with Crippen molar-refractivity contribution in [1.29, 1.82) is 0 Å². The van der Waals surface area contributed by atoms with Gasteiger partial charge in [-0.15, -0.1) is 12.4 Å². The summed E-state index contributed by atoms with van der Waals surface area (Å²) in [5.74, 6) is 0. The highest BCUT2D eigenvalue weighted by Crippen LogP contribution is 2.24. The van der Waals surface area contributed by atoms with Gasteiger partial charge in [-0.2, -0.15) is 0 Å². The summed E-state index contributed by atoms with van der Waals surface area (Å²) in [4.78, 5) is 2.75. The Labute approximate surface area is 88.3 Å². The normalized spacial score (nSPS) is 26.8. The molecule has 0 spiro atoms. The van der Waals surface area contributed by atoms with Crippen LogP contribution < -0.4 is 0 Å². The van der Waals surface area contributed by atoms with Gasteiger partial charge in [-0.1, -0.05) is 25.7 Å². The fourth-order valence-electron chi connectivity index (χ4n) is 2.73. The molecule has 78 valence electrons. The number of piperidine rings is 1. The topological polar surface area (TPSA) is 3.24 Å². The van der Waals surface area contributed by atoms with Crippen LogP contribution in [0.3, 0.4) is 0 Å². The summed E-state index contributed by atoms with van der Waals surface area (Å²) in [7, 11) is 0. The summed E-state index contributed by atoms with van der Waals surface area (Å²) in [5.41, 5.74) is 0. The molecule has 0 amide bonds. The van der Waals surface area contributed by atoms with Crippen molar-refractivity contribution in [3.05, 3.63) is 0 Å². The van der Waals surface area contributed by atoms with E-state index in [1.807, 2.05) is 0 Å². The molecule has 1 nitrogen and oxygen atoms in total. The molecule has 0 aromatic heterocycles. The maximum atomic E-state index is 2.75. The molecule has 13 heavy (non-hydrogen) atoms. The standard InChI is InChI=1S/C11H21N.ClH/c1-3-7-11(8-4-1)12-9-5-2-6-10-12;/h11H,1-10H2;1H. The van der Waals surface area contributed by atoms with E-state index in [2.05, 4.69) is 4.90 Å². The first-order valence-corrected chi connectivity index (χ1v) is 5.71. The Morgan fingerprint density at radius 3 is 1.85 bits per heavy atom. The molecule has 2 aliphatic rings. The minimum absolute atomic E-state index is 0. The monoisotopic (exact) mass is 203 g/mol. The number of nitrogens with zero attached hydrogens (tertiary/aromatic N) is 1. The Kier molecular flexibility index (Phi) is 5.12. The lowest BCUT2D eigenvalue weighted by molar-refractivity contribution is 0.131. The van der Waals surface area contributed by atoms with Crippen molar-refractivity contribution in [3.8, 4) is 0 Å². The van der Waals surface area contributed by atoms with Crippen molar-refractivity contribution >= 4 is 12.4 Å². The molecule has 1 saturated heterocycles. The second-order valence-electron chi connectivity index (χ2n) is 4.39. The van der Waals surface area contributed by atoms with Crippen LogP contribution in [0.5, 0.6) is 0 Å². The highest BCUT2D eigenvalue weighted by Gasteiger charge is 2.21. The van der Waals surface area contributed by atoms with Gasteiger partial charge in [0.05, 0.1) is 0 Å². The van der Waals surface area contributed by atoms with E-state index >= 15 is 0 Å². The molecule has 2 rings (SSSR count). The minimum atomic E-state index is 0. The first-order valence-electron chi connectivity index (χ1n) is 5.71. The van der Waals surface area contributed by atoms with Gasteiger partial charge >= 0.3 is 0 Å². The fourth-order valence-corrected chi connectivity index (χ4v) is 2.73. The van der Waals surface area contributed by atoms with Gasteiger partial charge in [0.15, 0.2) is 0 Å². The van der Waals surface area contributed by atoms with Crippen molar-refractivity contribution in [2.45, 2.75) is 57.4 Å². The zero-order chi connectivity index (χ0) is 8.23. The predicted octanol–water partition coefficient (Wildman–Crippen LogP) is 3.23. The Balaban J connectivity index is 0.000000845. The van der Waals surface area contributed by atoms with Crippen LogP contribution in [0.2, 0.25) is 0 Å². The molecule has 1 heterocycles. The molecule has 1 aliphatic carbocycles. The van der Waals surface area contributed by atoms with Crippen molar-refractivity contribution in [3.63, 3.8) is 0 Å². The Hall–Kier alpha value is 0.250. The zero-order valence-electron chi connectivity index (χ0n) is 8.50. The Morgan fingerprint density at radius 1 is 0.692 bits per heavy atom. The van der Waals surface area contributed by atoms with Crippen LogP contribution in [0.25, 0.3) is 0 Å². The molecule has 0 atom stereocenters. The lowest BCUT2D eigenvalue weighted by atomic mass is 9.93. The van der Waals surface area contributed by atoms with Crippen LogP contribution in [-0.2, 0) is 0 Å². The van der Waals surface area contributed by atoms with E-state index in [-0.39, 0.29) is 12.4 Å². The van der Waals surface area contributed by atoms with E-state index in [1.165, 1.54) is 64.5 Å². The van der Waals surface area contributed by atoms with E-state index in [0.717, 1.165) is 6.04 Å². The van der Waals surface area contributed by atoms with E-state index < -0.39 is 0 Å². The van der Waals surface area contributed by atoms with Gasteiger partial charge in [0.1, 0.15) is 0 Å².